The van der Waals surface area contributed by atoms with Gasteiger partial charge >= 0.3 is 0 Å². The quantitative estimate of drug-likeness (QED) is 0.798. The Morgan fingerprint density at radius 2 is 2.06 bits per heavy atom. The number of nitrogens with zero attached hydrogens (tertiary/aromatic N) is 2. The van der Waals surface area contributed by atoms with E-state index in [0.29, 0.717) is 5.75 Å². The zero-order chi connectivity index (χ0) is 13.0. The fourth-order valence-electron chi connectivity index (χ4n) is 1.37. The number of benzene rings is 1. The molecule has 0 bridgehead atoms. The van der Waals surface area contributed by atoms with Crippen LogP contribution in [0, 0.1) is 18.2 Å². The molecule has 3 nitrogen and oxygen atoms in total. The van der Waals surface area contributed by atoms with Gasteiger partial charge < -0.3 is 4.74 Å². The predicted octanol–water partition coefficient (Wildman–Crippen LogP) is 2.95. The SMILES string of the molecule is C#CCOc1cc(-c2ncccn2)c(F)cc1Cl. The molecule has 0 spiro atoms. The zero-order valence-electron chi connectivity index (χ0n) is 9.23. The summed E-state index contributed by atoms with van der Waals surface area (Å²) in [6, 6.07) is 4.23. The van der Waals surface area contributed by atoms with Crippen LogP contribution in [0.5, 0.6) is 5.75 Å². The molecule has 0 aliphatic carbocycles. The molecule has 1 aromatic heterocycles. The lowest BCUT2D eigenvalue weighted by Crippen LogP contribution is -1.97. The van der Waals surface area contributed by atoms with Crippen molar-refractivity contribution in [3.8, 4) is 29.5 Å². The summed E-state index contributed by atoms with van der Waals surface area (Å²) in [5.41, 5.74) is 0.215. The predicted molar refractivity (Wildman–Crippen MR) is 66.8 cm³/mol. The molecule has 0 N–H and O–H groups in total. The van der Waals surface area contributed by atoms with Crippen LogP contribution in [0.1, 0.15) is 0 Å². The molecule has 0 aliphatic rings. The van der Waals surface area contributed by atoms with Gasteiger partial charge in [-0.3, -0.25) is 0 Å². The van der Waals surface area contributed by atoms with Crippen LogP contribution in [0.2, 0.25) is 5.02 Å². The second kappa shape index (κ2) is 5.48. The average Bonchev–Trinajstić information content (AvgIpc) is 2.39. The van der Waals surface area contributed by atoms with Gasteiger partial charge in [0, 0.05) is 12.4 Å². The van der Waals surface area contributed by atoms with E-state index in [2.05, 4.69) is 15.9 Å². The fraction of sp³-hybridized carbons (Fsp3) is 0.0769. The van der Waals surface area contributed by atoms with Crippen molar-refractivity contribution in [1.29, 1.82) is 0 Å². The largest absolute Gasteiger partial charge is 0.479 e. The van der Waals surface area contributed by atoms with Crippen molar-refractivity contribution >= 4 is 11.6 Å². The van der Waals surface area contributed by atoms with Crippen molar-refractivity contribution in [1.82, 2.24) is 9.97 Å². The lowest BCUT2D eigenvalue weighted by Gasteiger charge is -2.08. The van der Waals surface area contributed by atoms with Crippen LogP contribution in [-0.2, 0) is 0 Å². The monoisotopic (exact) mass is 262 g/mol. The molecule has 2 aromatic rings. The van der Waals surface area contributed by atoms with E-state index in [0.717, 1.165) is 6.07 Å². The first-order valence-electron chi connectivity index (χ1n) is 5.05. The second-order valence-corrected chi connectivity index (χ2v) is 3.73. The molecule has 0 aliphatic heterocycles. The molecule has 0 fully saturated rings. The molecule has 18 heavy (non-hydrogen) atoms. The highest BCUT2D eigenvalue weighted by Crippen LogP contribution is 2.31. The number of ether oxygens (including phenoxy) is 1. The average molecular weight is 263 g/mol. The van der Waals surface area contributed by atoms with Crippen LogP contribution >= 0.6 is 11.6 Å². The third kappa shape index (κ3) is 2.58. The Hall–Kier alpha value is -2.12. The maximum atomic E-state index is 13.8. The minimum absolute atomic E-state index is 0.0560. The van der Waals surface area contributed by atoms with E-state index in [9.17, 15) is 4.39 Å². The first kappa shape index (κ1) is 12.3. The number of aromatic nitrogens is 2. The molecule has 1 heterocycles. The lowest BCUT2D eigenvalue weighted by atomic mass is 10.2. The van der Waals surface area contributed by atoms with Gasteiger partial charge in [-0.1, -0.05) is 17.5 Å². The van der Waals surface area contributed by atoms with Gasteiger partial charge in [-0.25, -0.2) is 14.4 Å². The Morgan fingerprint density at radius 3 is 2.72 bits per heavy atom. The minimum Gasteiger partial charge on any atom is -0.479 e. The highest BCUT2D eigenvalue weighted by Gasteiger charge is 2.13. The Kier molecular flexibility index (Phi) is 3.75. The summed E-state index contributed by atoms with van der Waals surface area (Å²) in [6.45, 7) is 0.0560. The van der Waals surface area contributed by atoms with Crippen LogP contribution in [0.4, 0.5) is 4.39 Å². The van der Waals surface area contributed by atoms with Crippen LogP contribution < -0.4 is 4.74 Å². The van der Waals surface area contributed by atoms with Gasteiger partial charge in [0.15, 0.2) is 5.82 Å². The number of hydrogen-bond acceptors (Lipinski definition) is 3. The maximum Gasteiger partial charge on any atom is 0.162 e. The van der Waals surface area contributed by atoms with Gasteiger partial charge in [-0.2, -0.15) is 0 Å². The van der Waals surface area contributed by atoms with Crippen LogP contribution in [0.3, 0.4) is 0 Å². The van der Waals surface area contributed by atoms with Gasteiger partial charge in [0.2, 0.25) is 0 Å². The van der Waals surface area contributed by atoms with E-state index >= 15 is 0 Å². The smallest absolute Gasteiger partial charge is 0.162 e. The van der Waals surface area contributed by atoms with Gasteiger partial charge in [-0.05, 0) is 18.2 Å². The summed E-state index contributed by atoms with van der Waals surface area (Å²) in [7, 11) is 0. The van der Waals surface area contributed by atoms with E-state index in [1.165, 1.54) is 18.5 Å². The van der Waals surface area contributed by atoms with E-state index in [1.54, 1.807) is 6.07 Å². The third-order valence-corrected chi connectivity index (χ3v) is 2.43. The number of terminal acetylenes is 1. The van der Waals surface area contributed by atoms with Gasteiger partial charge in [-0.15, -0.1) is 6.42 Å². The van der Waals surface area contributed by atoms with E-state index < -0.39 is 5.82 Å². The zero-order valence-corrected chi connectivity index (χ0v) is 9.99. The molecule has 2 rings (SSSR count). The Morgan fingerprint density at radius 1 is 1.33 bits per heavy atom. The Bertz CT molecular complexity index is 596. The summed E-state index contributed by atoms with van der Waals surface area (Å²) in [6.07, 6.45) is 8.14. The summed E-state index contributed by atoms with van der Waals surface area (Å²) in [5.74, 6) is 2.36. The van der Waals surface area contributed by atoms with E-state index in [-0.39, 0.29) is 23.0 Å². The van der Waals surface area contributed by atoms with E-state index in [1.807, 2.05) is 0 Å². The number of halogens is 2. The summed E-state index contributed by atoms with van der Waals surface area (Å²) in [4.78, 5) is 7.94. The molecule has 5 heteroatoms. The molecule has 1 aromatic carbocycles. The first-order chi connectivity index (χ1) is 8.72. The van der Waals surface area contributed by atoms with Crippen molar-refractivity contribution in [3.05, 3.63) is 41.4 Å². The summed E-state index contributed by atoms with van der Waals surface area (Å²) < 4.78 is 19.0. The highest BCUT2D eigenvalue weighted by atomic mass is 35.5. The highest BCUT2D eigenvalue weighted by molar-refractivity contribution is 6.32. The van der Waals surface area contributed by atoms with Gasteiger partial charge in [0.05, 0.1) is 10.6 Å². The third-order valence-electron chi connectivity index (χ3n) is 2.14. The lowest BCUT2D eigenvalue weighted by molar-refractivity contribution is 0.370. The molecule has 0 atom stereocenters. The molecule has 0 radical (unpaired) electrons. The van der Waals surface area contributed by atoms with Gasteiger partial charge in [0.25, 0.3) is 0 Å². The molecule has 0 amide bonds. The molecule has 90 valence electrons. The van der Waals surface area contributed by atoms with Crippen molar-refractivity contribution in [2.75, 3.05) is 6.61 Å². The van der Waals surface area contributed by atoms with Crippen LogP contribution in [0.15, 0.2) is 30.6 Å². The molecular weight excluding hydrogens is 255 g/mol. The first-order valence-corrected chi connectivity index (χ1v) is 5.43. The normalized spacial score (nSPS) is 9.83. The minimum atomic E-state index is -0.515. The number of rotatable bonds is 3. The molecular formula is C13H8ClFN2O. The van der Waals surface area contributed by atoms with Crippen molar-refractivity contribution in [3.63, 3.8) is 0 Å². The Labute approximate surface area is 109 Å². The standard InChI is InChI=1S/C13H8ClFN2O/c1-2-6-18-12-7-9(11(15)8-10(12)14)13-16-4-3-5-17-13/h1,3-5,7-8H,6H2. The topological polar surface area (TPSA) is 35.0 Å². The molecule has 0 saturated heterocycles. The number of hydrogen-bond donors (Lipinski definition) is 0. The van der Waals surface area contributed by atoms with Crippen molar-refractivity contribution in [2.24, 2.45) is 0 Å². The van der Waals surface area contributed by atoms with E-state index in [4.69, 9.17) is 22.8 Å². The Balaban J connectivity index is 2.45. The maximum absolute atomic E-state index is 13.8. The summed E-state index contributed by atoms with van der Waals surface area (Å²) >= 11 is 5.85. The second-order valence-electron chi connectivity index (χ2n) is 3.33. The summed E-state index contributed by atoms with van der Waals surface area (Å²) in [5, 5.41) is 0.155. The molecule has 0 saturated carbocycles. The van der Waals surface area contributed by atoms with Crippen LogP contribution in [-0.4, -0.2) is 16.6 Å². The van der Waals surface area contributed by atoms with Crippen LogP contribution in [0.25, 0.3) is 11.4 Å². The van der Waals surface area contributed by atoms with Crippen molar-refractivity contribution < 1.29 is 9.13 Å². The van der Waals surface area contributed by atoms with Crippen molar-refractivity contribution in [2.45, 2.75) is 0 Å². The molecule has 0 unspecified atom stereocenters. The van der Waals surface area contributed by atoms with Gasteiger partial charge in [0.1, 0.15) is 18.2 Å². The fourth-order valence-corrected chi connectivity index (χ4v) is 1.57.